The largest absolute Gasteiger partial charge is 0.373 e. The van der Waals surface area contributed by atoms with E-state index in [1.165, 1.54) is 0 Å². The van der Waals surface area contributed by atoms with Gasteiger partial charge in [-0.2, -0.15) is 0 Å². The van der Waals surface area contributed by atoms with Crippen molar-refractivity contribution in [1.29, 1.82) is 0 Å². The van der Waals surface area contributed by atoms with Crippen molar-refractivity contribution in [3.63, 3.8) is 0 Å². The lowest BCUT2D eigenvalue weighted by molar-refractivity contribution is -0.194. The van der Waals surface area contributed by atoms with Crippen LogP contribution in [0.15, 0.2) is 24.3 Å². The first kappa shape index (κ1) is 13.3. The highest BCUT2D eigenvalue weighted by Gasteiger charge is 2.57. The van der Waals surface area contributed by atoms with E-state index in [2.05, 4.69) is 5.32 Å². The minimum Gasteiger partial charge on any atom is -0.373 e. The van der Waals surface area contributed by atoms with Gasteiger partial charge in [-0.25, -0.2) is 0 Å². The van der Waals surface area contributed by atoms with Crippen LogP contribution in [-0.2, 0) is 19.9 Å². The van der Waals surface area contributed by atoms with Gasteiger partial charge in [0.25, 0.3) is 5.91 Å². The molecule has 106 valence electrons. The van der Waals surface area contributed by atoms with Crippen LogP contribution in [0.25, 0.3) is 0 Å². The maximum atomic E-state index is 12.2. The number of hydrogen-bond donors (Lipinski definition) is 2. The van der Waals surface area contributed by atoms with Crippen molar-refractivity contribution in [3.8, 4) is 0 Å². The van der Waals surface area contributed by atoms with Gasteiger partial charge in [-0.3, -0.25) is 9.59 Å². The number of amides is 1. The fourth-order valence-electron chi connectivity index (χ4n) is 2.84. The number of carbonyl (C=O) groups excluding carboxylic acids is 2. The average Bonchev–Trinajstić information content (AvgIpc) is 2.66. The molecule has 20 heavy (non-hydrogen) atoms. The Morgan fingerprint density at radius 1 is 1.30 bits per heavy atom. The van der Waals surface area contributed by atoms with Crippen LogP contribution in [0.2, 0.25) is 0 Å². The summed E-state index contributed by atoms with van der Waals surface area (Å²) in [4.78, 5) is 24.4. The summed E-state index contributed by atoms with van der Waals surface area (Å²) in [6, 6.07) is 6.83. The molecule has 1 amide bonds. The predicted molar refractivity (Wildman–Crippen MR) is 72.2 cm³/mol. The molecule has 1 aromatic carbocycles. The molecule has 0 aliphatic carbocycles. The van der Waals surface area contributed by atoms with Gasteiger partial charge in [0.2, 0.25) is 5.60 Å². The standard InChI is InChI=1S/C15H17NO4/c1-14(2)8-7-11(17)12(20-14)15(19)9-5-3-4-6-10(9)16-13(15)18/h3-6,12,19H,7-8H2,1-2H3,(H,16,18)/t12-,15-/m1/s1. The molecule has 0 saturated carbocycles. The number of benzene rings is 1. The molecule has 2 heterocycles. The van der Waals surface area contributed by atoms with E-state index in [1.54, 1.807) is 24.3 Å². The fraction of sp³-hybridized carbons (Fsp3) is 0.467. The van der Waals surface area contributed by atoms with E-state index in [1.807, 2.05) is 13.8 Å². The molecule has 5 nitrogen and oxygen atoms in total. The second-order valence-corrected chi connectivity index (χ2v) is 5.99. The Morgan fingerprint density at radius 2 is 2.00 bits per heavy atom. The molecule has 3 rings (SSSR count). The van der Waals surface area contributed by atoms with Crippen LogP contribution in [0.3, 0.4) is 0 Å². The molecule has 2 aliphatic heterocycles. The lowest BCUT2D eigenvalue weighted by atomic mass is 9.82. The zero-order valence-corrected chi connectivity index (χ0v) is 11.5. The maximum Gasteiger partial charge on any atom is 0.264 e. The third-order valence-electron chi connectivity index (χ3n) is 4.01. The molecule has 2 atom stereocenters. The molecular weight excluding hydrogens is 258 g/mol. The first-order valence-corrected chi connectivity index (χ1v) is 6.68. The summed E-state index contributed by atoms with van der Waals surface area (Å²) in [5.74, 6) is -0.839. The molecule has 0 radical (unpaired) electrons. The Kier molecular flexibility index (Phi) is 2.74. The van der Waals surface area contributed by atoms with Crippen molar-refractivity contribution in [3.05, 3.63) is 29.8 Å². The highest BCUT2D eigenvalue weighted by molar-refractivity contribution is 6.08. The molecule has 5 heteroatoms. The number of carbonyl (C=O) groups is 2. The molecule has 0 unspecified atom stereocenters. The van der Waals surface area contributed by atoms with Crippen LogP contribution < -0.4 is 5.32 Å². The van der Waals surface area contributed by atoms with E-state index >= 15 is 0 Å². The summed E-state index contributed by atoms with van der Waals surface area (Å²) in [5, 5.41) is 13.5. The van der Waals surface area contributed by atoms with Crippen molar-refractivity contribution in [2.45, 2.75) is 44.0 Å². The average molecular weight is 275 g/mol. The van der Waals surface area contributed by atoms with E-state index in [0.29, 0.717) is 24.1 Å². The van der Waals surface area contributed by atoms with Gasteiger partial charge < -0.3 is 15.2 Å². The zero-order valence-electron chi connectivity index (χ0n) is 11.5. The van der Waals surface area contributed by atoms with Crippen LogP contribution in [0.4, 0.5) is 5.69 Å². The first-order valence-electron chi connectivity index (χ1n) is 6.68. The van der Waals surface area contributed by atoms with Crippen LogP contribution in [-0.4, -0.2) is 28.5 Å². The molecule has 0 bridgehead atoms. The minimum atomic E-state index is -1.94. The van der Waals surface area contributed by atoms with E-state index in [9.17, 15) is 14.7 Å². The number of aliphatic hydroxyl groups is 1. The number of ketones is 1. The van der Waals surface area contributed by atoms with Gasteiger partial charge in [-0.1, -0.05) is 18.2 Å². The summed E-state index contributed by atoms with van der Waals surface area (Å²) in [6.45, 7) is 3.71. The normalized spacial score (nSPS) is 31.9. The minimum absolute atomic E-state index is 0.237. The van der Waals surface area contributed by atoms with Gasteiger partial charge in [-0.15, -0.1) is 0 Å². The van der Waals surface area contributed by atoms with Gasteiger partial charge in [-0.05, 0) is 26.3 Å². The molecule has 1 aromatic rings. The van der Waals surface area contributed by atoms with Crippen molar-refractivity contribution < 1.29 is 19.4 Å². The van der Waals surface area contributed by atoms with Crippen LogP contribution in [0.5, 0.6) is 0 Å². The highest BCUT2D eigenvalue weighted by Crippen LogP contribution is 2.43. The van der Waals surface area contributed by atoms with E-state index < -0.39 is 23.2 Å². The van der Waals surface area contributed by atoms with Crippen molar-refractivity contribution in [2.24, 2.45) is 0 Å². The number of anilines is 1. The molecule has 2 N–H and O–H groups in total. The molecular formula is C15H17NO4. The Balaban J connectivity index is 2.07. The zero-order chi connectivity index (χ0) is 14.5. The SMILES string of the molecule is CC1(C)CCC(=O)[C@H]([C@@]2(O)C(=O)Nc3ccccc32)O1. The monoisotopic (exact) mass is 275 g/mol. The Bertz CT molecular complexity index is 595. The quantitative estimate of drug-likeness (QED) is 0.811. The second-order valence-electron chi connectivity index (χ2n) is 5.99. The molecule has 1 fully saturated rings. The number of ether oxygens (including phenoxy) is 1. The third-order valence-corrected chi connectivity index (χ3v) is 4.01. The summed E-state index contributed by atoms with van der Waals surface area (Å²) in [7, 11) is 0. The van der Waals surface area contributed by atoms with Crippen LogP contribution in [0.1, 0.15) is 32.3 Å². The molecule has 0 spiro atoms. The number of hydrogen-bond acceptors (Lipinski definition) is 4. The van der Waals surface area contributed by atoms with Gasteiger partial charge >= 0.3 is 0 Å². The van der Waals surface area contributed by atoms with E-state index in [0.717, 1.165) is 0 Å². The smallest absolute Gasteiger partial charge is 0.264 e. The van der Waals surface area contributed by atoms with Gasteiger partial charge in [0, 0.05) is 17.7 Å². The number of para-hydroxylation sites is 1. The van der Waals surface area contributed by atoms with E-state index in [-0.39, 0.29) is 5.78 Å². The number of nitrogens with one attached hydrogen (secondary N) is 1. The van der Waals surface area contributed by atoms with Gasteiger partial charge in [0.15, 0.2) is 11.9 Å². The summed E-state index contributed by atoms with van der Waals surface area (Å²) in [5.41, 5.74) is -1.54. The van der Waals surface area contributed by atoms with Gasteiger partial charge in [0.1, 0.15) is 0 Å². The second kappa shape index (κ2) is 4.14. The topological polar surface area (TPSA) is 75.6 Å². The molecule has 0 aromatic heterocycles. The summed E-state index contributed by atoms with van der Waals surface area (Å²) in [6.07, 6.45) is -0.271. The van der Waals surface area contributed by atoms with E-state index in [4.69, 9.17) is 4.74 Å². The van der Waals surface area contributed by atoms with Gasteiger partial charge in [0.05, 0.1) is 5.60 Å². The van der Waals surface area contributed by atoms with Crippen molar-refractivity contribution in [2.75, 3.05) is 5.32 Å². The Morgan fingerprint density at radius 3 is 2.75 bits per heavy atom. The maximum absolute atomic E-state index is 12.2. The first-order chi connectivity index (χ1) is 9.34. The Hall–Kier alpha value is -1.72. The third kappa shape index (κ3) is 1.77. The van der Waals surface area contributed by atoms with Crippen LogP contribution >= 0.6 is 0 Å². The lowest BCUT2D eigenvalue weighted by Gasteiger charge is -2.40. The van der Waals surface area contributed by atoms with Crippen LogP contribution in [0, 0.1) is 0 Å². The fourth-order valence-corrected chi connectivity index (χ4v) is 2.84. The lowest BCUT2D eigenvalue weighted by Crippen LogP contribution is -2.56. The van der Waals surface area contributed by atoms with Crippen molar-refractivity contribution >= 4 is 17.4 Å². The predicted octanol–water partition coefficient (Wildman–Crippen LogP) is 1.35. The van der Waals surface area contributed by atoms with Crippen molar-refractivity contribution in [1.82, 2.24) is 0 Å². The number of rotatable bonds is 1. The highest BCUT2D eigenvalue weighted by atomic mass is 16.5. The molecule has 2 aliphatic rings. The number of fused-ring (bicyclic) bond motifs is 1. The Labute approximate surface area is 116 Å². The molecule has 1 saturated heterocycles. The summed E-state index contributed by atoms with van der Waals surface area (Å²) >= 11 is 0. The number of Topliss-reactive ketones (excluding diaryl/α,β-unsaturated/α-hetero) is 1. The summed E-state index contributed by atoms with van der Waals surface area (Å²) < 4.78 is 5.74.